The molecule has 0 radical (unpaired) electrons. The van der Waals surface area contributed by atoms with Crippen LogP contribution in [-0.2, 0) is 16.0 Å². The second-order valence-electron chi connectivity index (χ2n) is 6.93. The standard InChI is InChI=1S/C17H23N3O3/c1-17(2,3)8-7-13(16(22)23)19-15(21)10-12-11-20-9-5-4-6-14(20)18-12/h4-6,9,11,13H,7-8,10H2,1-3H3,(H,19,21)(H,22,23). The summed E-state index contributed by atoms with van der Waals surface area (Å²) in [6.45, 7) is 6.14. The van der Waals surface area contributed by atoms with Crippen LogP contribution < -0.4 is 5.32 Å². The minimum atomic E-state index is -1.00. The fourth-order valence-electron chi connectivity index (χ4n) is 2.32. The molecule has 0 aliphatic rings. The summed E-state index contributed by atoms with van der Waals surface area (Å²) in [5, 5.41) is 11.9. The fourth-order valence-corrected chi connectivity index (χ4v) is 2.32. The molecule has 0 saturated heterocycles. The predicted molar refractivity (Wildman–Crippen MR) is 87.2 cm³/mol. The van der Waals surface area contributed by atoms with E-state index in [2.05, 4.69) is 10.3 Å². The lowest BCUT2D eigenvalue weighted by molar-refractivity contribution is -0.142. The first-order chi connectivity index (χ1) is 10.7. The van der Waals surface area contributed by atoms with Crippen molar-refractivity contribution in [1.82, 2.24) is 14.7 Å². The number of nitrogens with zero attached hydrogens (tertiary/aromatic N) is 2. The first-order valence-corrected chi connectivity index (χ1v) is 7.69. The largest absolute Gasteiger partial charge is 0.480 e. The summed E-state index contributed by atoms with van der Waals surface area (Å²) in [6, 6.07) is 4.74. The van der Waals surface area contributed by atoms with Crippen molar-refractivity contribution >= 4 is 17.5 Å². The molecule has 2 aromatic rings. The van der Waals surface area contributed by atoms with E-state index >= 15 is 0 Å². The molecule has 0 aliphatic heterocycles. The Morgan fingerprint density at radius 3 is 2.70 bits per heavy atom. The van der Waals surface area contributed by atoms with E-state index in [0.29, 0.717) is 12.1 Å². The van der Waals surface area contributed by atoms with Gasteiger partial charge in [0.05, 0.1) is 12.1 Å². The van der Waals surface area contributed by atoms with Gasteiger partial charge < -0.3 is 14.8 Å². The van der Waals surface area contributed by atoms with Crippen LogP contribution >= 0.6 is 0 Å². The van der Waals surface area contributed by atoms with E-state index in [9.17, 15) is 14.7 Å². The van der Waals surface area contributed by atoms with Crippen molar-refractivity contribution in [2.24, 2.45) is 5.41 Å². The zero-order valence-electron chi connectivity index (χ0n) is 13.7. The normalized spacial score (nSPS) is 13.0. The van der Waals surface area contributed by atoms with Gasteiger partial charge in [0.15, 0.2) is 0 Å². The van der Waals surface area contributed by atoms with E-state index in [1.807, 2.05) is 49.6 Å². The topological polar surface area (TPSA) is 83.7 Å². The third kappa shape index (κ3) is 5.09. The second kappa shape index (κ2) is 6.81. The van der Waals surface area contributed by atoms with Crippen molar-refractivity contribution in [2.75, 3.05) is 0 Å². The van der Waals surface area contributed by atoms with Gasteiger partial charge in [-0.1, -0.05) is 26.8 Å². The summed E-state index contributed by atoms with van der Waals surface area (Å²) in [6.07, 6.45) is 4.84. The number of carbonyl (C=O) groups is 2. The summed E-state index contributed by atoms with van der Waals surface area (Å²) in [5.41, 5.74) is 1.41. The van der Waals surface area contributed by atoms with Gasteiger partial charge in [0.2, 0.25) is 5.91 Å². The lowest BCUT2D eigenvalue weighted by Gasteiger charge is -2.21. The molecular formula is C17H23N3O3. The SMILES string of the molecule is CC(C)(C)CCC(NC(=O)Cc1cn2ccccc2n1)C(=O)O. The molecule has 0 bridgehead atoms. The third-order valence-corrected chi connectivity index (χ3v) is 3.57. The van der Waals surface area contributed by atoms with Gasteiger partial charge in [-0.2, -0.15) is 0 Å². The first-order valence-electron chi connectivity index (χ1n) is 7.69. The number of fused-ring (bicyclic) bond motifs is 1. The van der Waals surface area contributed by atoms with Crippen LogP contribution in [0.5, 0.6) is 0 Å². The zero-order chi connectivity index (χ0) is 17.0. The third-order valence-electron chi connectivity index (χ3n) is 3.57. The van der Waals surface area contributed by atoms with Gasteiger partial charge in [0, 0.05) is 12.4 Å². The Labute approximate surface area is 135 Å². The van der Waals surface area contributed by atoms with Gasteiger partial charge in [-0.15, -0.1) is 0 Å². The summed E-state index contributed by atoms with van der Waals surface area (Å²) in [5.74, 6) is -1.33. The maximum absolute atomic E-state index is 12.1. The number of carbonyl (C=O) groups excluding carboxylic acids is 1. The molecule has 2 heterocycles. The maximum atomic E-state index is 12.1. The van der Waals surface area contributed by atoms with Crippen LogP contribution in [0.1, 0.15) is 39.3 Å². The van der Waals surface area contributed by atoms with Gasteiger partial charge in [-0.3, -0.25) is 4.79 Å². The fraction of sp³-hybridized carbons (Fsp3) is 0.471. The number of rotatable bonds is 6. The quantitative estimate of drug-likeness (QED) is 0.856. The van der Waals surface area contributed by atoms with Gasteiger partial charge in [-0.05, 0) is 30.4 Å². The van der Waals surface area contributed by atoms with Gasteiger partial charge >= 0.3 is 5.97 Å². The van der Waals surface area contributed by atoms with Crippen molar-refractivity contribution in [1.29, 1.82) is 0 Å². The molecule has 1 unspecified atom stereocenters. The van der Waals surface area contributed by atoms with E-state index in [-0.39, 0.29) is 17.7 Å². The molecule has 2 rings (SSSR count). The molecule has 1 atom stereocenters. The number of hydrogen-bond donors (Lipinski definition) is 2. The number of aromatic nitrogens is 2. The number of pyridine rings is 1. The van der Waals surface area contributed by atoms with Gasteiger partial charge in [0.25, 0.3) is 0 Å². The van der Waals surface area contributed by atoms with Gasteiger partial charge in [-0.25, -0.2) is 9.78 Å². The van der Waals surface area contributed by atoms with Crippen molar-refractivity contribution in [3.05, 3.63) is 36.3 Å². The molecular weight excluding hydrogens is 294 g/mol. The van der Waals surface area contributed by atoms with Crippen LogP contribution in [0.15, 0.2) is 30.6 Å². The van der Waals surface area contributed by atoms with Crippen LogP contribution in [0.2, 0.25) is 0 Å². The zero-order valence-corrected chi connectivity index (χ0v) is 13.7. The maximum Gasteiger partial charge on any atom is 0.326 e. The van der Waals surface area contributed by atoms with E-state index in [0.717, 1.165) is 12.1 Å². The molecule has 0 aliphatic carbocycles. The summed E-state index contributed by atoms with van der Waals surface area (Å²) in [4.78, 5) is 27.8. The lowest BCUT2D eigenvalue weighted by Crippen LogP contribution is -2.42. The number of amides is 1. The smallest absolute Gasteiger partial charge is 0.326 e. The highest BCUT2D eigenvalue weighted by Crippen LogP contribution is 2.21. The Hall–Kier alpha value is -2.37. The van der Waals surface area contributed by atoms with Crippen LogP contribution in [0, 0.1) is 5.41 Å². The van der Waals surface area contributed by atoms with Crippen molar-refractivity contribution in [3.63, 3.8) is 0 Å². The van der Waals surface area contributed by atoms with Crippen molar-refractivity contribution < 1.29 is 14.7 Å². The van der Waals surface area contributed by atoms with Crippen molar-refractivity contribution in [2.45, 2.75) is 46.1 Å². The van der Waals surface area contributed by atoms with Gasteiger partial charge in [0.1, 0.15) is 11.7 Å². The molecule has 1 amide bonds. The Morgan fingerprint density at radius 2 is 2.09 bits per heavy atom. The molecule has 0 aromatic carbocycles. The number of nitrogens with one attached hydrogen (secondary N) is 1. The highest BCUT2D eigenvalue weighted by Gasteiger charge is 2.23. The molecule has 0 spiro atoms. The number of aliphatic carboxylic acids is 1. The Bertz CT molecular complexity index is 667. The minimum Gasteiger partial charge on any atom is -0.480 e. The number of hydrogen-bond acceptors (Lipinski definition) is 3. The van der Waals surface area contributed by atoms with Crippen LogP contribution in [0.25, 0.3) is 5.65 Å². The average molecular weight is 317 g/mol. The minimum absolute atomic E-state index is 0.0278. The highest BCUT2D eigenvalue weighted by molar-refractivity contribution is 5.84. The molecule has 6 heteroatoms. The molecule has 23 heavy (non-hydrogen) atoms. The van der Waals surface area contributed by atoms with E-state index in [4.69, 9.17) is 0 Å². The Morgan fingerprint density at radius 1 is 1.35 bits per heavy atom. The van der Waals surface area contributed by atoms with E-state index in [1.165, 1.54) is 0 Å². The molecule has 6 nitrogen and oxygen atoms in total. The monoisotopic (exact) mass is 317 g/mol. The molecule has 2 aromatic heterocycles. The Balaban J connectivity index is 1.97. The number of imidazole rings is 1. The van der Waals surface area contributed by atoms with E-state index in [1.54, 1.807) is 6.20 Å². The van der Waals surface area contributed by atoms with Crippen molar-refractivity contribution in [3.8, 4) is 0 Å². The van der Waals surface area contributed by atoms with Crippen LogP contribution in [0.4, 0.5) is 0 Å². The number of carboxylic acid groups (broad SMARTS) is 1. The predicted octanol–water partition coefficient (Wildman–Crippen LogP) is 2.27. The number of carboxylic acids is 1. The lowest BCUT2D eigenvalue weighted by atomic mass is 9.88. The molecule has 0 saturated carbocycles. The average Bonchev–Trinajstić information content (AvgIpc) is 2.84. The first kappa shape index (κ1) is 17.0. The van der Waals surface area contributed by atoms with Crippen LogP contribution in [-0.4, -0.2) is 32.4 Å². The summed E-state index contributed by atoms with van der Waals surface area (Å²) >= 11 is 0. The summed E-state index contributed by atoms with van der Waals surface area (Å²) < 4.78 is 1.83. The molecule has 2 N–H and O–H groups in total. The second-order valence-corrected chi connectivity index (χ2v) is 6.93. The van der Waals surface area contributed by atoms with Crippen LogP contribution in [0.3, 0.4) is 0 Å². The molecule has 124 valence electrons. The summed E-state index contributed by atoms with van der Waals surface area (Å²) in [7, 11) is 0. The highest BCUT2D eigenvalue weighted by atomic mass is 16.4. The molecule has 0 fully saturated rings. The Kier molecular flexibility index (Phi) is 5.03. The van der Waals surface area contributed by atoms with E-state index < -0.39 is 12.0 Å².